The number of carbonyl (C=O) groups excluding carboxylic acids is 2. The highest BCUT2D eigenvalue weighted by atomic mass is 32.2. The van der Waals surface area contributed by atoms with Gasteiger partial charge in [-0.15, -0.1) is 0 Å². The van der Waals surface area contributed by atoms with Gasteiger partial charge in [0, 0.05) is 25.1 Å². The lowest BCUT2D eigenvalue weighted by atomic mass is 9.92. The number of nitrogens with zero attached hydrogens (tertiary/aromatic N) is 1. The predicted molar refractivity (Wildman–Crippen MR) is 127 cm³/mol. The Bertz CT molecular complexity index is 1250. The maximum atomic E-state index is 13.6. The first-order chi connectivity index (χ1) is 16.4. The molecule has 2 aromatic carbocycles. The Hall–Kier alpha value is -3.43. The number of carbonyl (C=O) groups is 2. The molecule has 2 amide bonds. The highest BCUT2D eigenvalue weighted by Gasteiger charge is 2.37. The number of fused-ring (bicyclic) bond motifs is 1. The Morgan fingerprint density at radius 3 is 2.50 bits per heavy atom. The van der Waals surface area contributed by atoms with Crippen molar-refractivity contribution in [2.24, 2.45) is 0 Å². The van der Waals surface area contributed by atoms with E-state index in [1.807, 2.05) is 24.3 Å². The molecule has 34 heavy (non-hydrogen) atoms. The third-order valence-electron chi connectivity index (χ3n) is 5.85. The van der Waals surface area contributed by atoms with Gasteiger partial charge < -0.3 is 15.1 Å². The van der Waals surface area contributed by atoms with Gasteiger partial charge in [-0.3, -0.25) is 9.59 Å². The van der Waals surface area contributed by atoms with Crippen molar-refractivity contribution in [3.8, 4) is 0 Å². The summed E-state index contributed by atoms with van der Waals surface area (Å²) in [5.74, 6) is 0.205. The molecular formula is C25H27N3O5S. The topological polar surface area (TPSA) is 109 Å². The number of sulfonamides is 1. The minimum Gasteiger partial charge on any atom is -0.467 e. The third kappa shape index (κ3) is 5.21. The van der Waals surface area contributed by atoms with E-state index < -0.39 is 16.1 Å². The normalized spacial score (nSPS) is 16.0. The summed E-state index contributed by atoms with van der Waals surface area (Å²) in [7, 11) is -3.89. The number of furan rings is 1. The van der Waals surface area contributed by atoms with Gasteiger partial charge in [0.25, 0.3) is 0 Å². The smallest absolute Gasteiger partial charge is 0.243 e. The molecule has 0 saturated heterocycles. The fraction of sp³-hybridized carbons (Fsp3) is 0.280. The van der Waals surface area contributed by atoms with Gasteiger partial charge in [-0.25, -0.2) is 8.42 Å². The van der Waals surface area contributed by atoms with E-state index in [9.17, 15) is 18.0 Å². The lowest BCUT2D eigenvalue weighted by molar-refractivity contribution is -0.122. The van der Waals surface area contributed by atoms with Crippen LogP contribution in [0.4, 0.5) is 5.69 Å². The van der Waals surface area contributed by atoms with Crippen molar-refractivity contribution in [1.29, 1.82) is 0 Å². The largest absolute Gasteiger partial charge is 0.467 e. The van der Waals surface area contributed by atoms with Gasteiger partial charge in [0.2, 0.25) is 21.8 Å². The van der Waals surface area contributed by atoms with Gasteiger partial charge >= 0.3 is 0 Å². The molecular weight excluding hydrogens is 454 g/mol. The molecule has 1 aliphatic rings. The van der Waals surface area contributed by atoms with E-state index in [-0.39, 0.29) is 36.2 Å². The summed E-state index contributed by atoms with van der Waals surface area (Å²) in [5.41, 5.74) is 2.40. The van der Waals surface area contributed by atoms with Gasteiger partial charge in [0.1, 0.15) is 5.76 Å². The zero-order valence-electron chi connectivity index (χ0n) is 18.9. The minimum absolute atomic E-state index is 0.0123. The van der Waals surface area contributed by atoms with Crippen molar-refractivity contribution in [2.75, 3.05) is 11.9 Å². The molecule has 8 nitrogen and oxygen atoms in total. The van der Waals surface area contributed by atoms with Crippen molar-refractivity contribution in [3.05, 3.63) is 83.8 Å². The quantitative estimate of drug-likeness (QED) is 0.511. The van der Waals surface area contributed by atoms with Gasteiger partial charge in [0.15, 0.2) is 0 Å². The molecule has 9 heteroatoms. The Kier molecular flexibility index (Phi) is 7.14. The molecule has 2 heterocycles. The molecule has 178 valence electrons. The Balaban J connectivity index is 1.58. The van der Waals surface area contributed by atoms with Crippen molar-refractivity contribution in [3.63, 3.8) is 0 Å². The molecule has 3 aromatic rings. The molecule has 2 N–H and O–H groups in total. The van der Waals surface area contributed by atoms with Crippen molar-refractivity contribution in [2.45, 2.75) is 43.7 Å². The molecule has 0 unspecified atom stereocenters. The molecule has 1 atom stereocenters. The van der Waals surface area contributed by atoms with Crippen LogP contribution in [0.25, 0.3) is 0 Å². The average molecular weight is 482 g/mol. The first-order valence-electron chi connectivity index (χ1n) is 11.2. The molecule has 4 rings (SSSR count). The van der Waals surface area contributed by atoms with Crippen LogP contribution in [0.2, 0.25) is 0 Å². The van der Waals surface area contributed by atoms with Crippen LogP contribution in [-0.4, -0.2) is 31.1 Å². The second-order valence-electron chi connectivity index (χ2n) is 8.07. The van der Waals surface area contributed by atoms with Crippen LogP contribution in [0.15, 0.2) is 76.2 Å². The predicted octanol–water partition coefficient (Wildman–Crippen LogP) is 3.62. The zero-order valence-corrected chi connectivity index (χ0v) is 19.7. The number of amides is 2. The second kappa shape index (κ2) is 10.2. The van der Waals surface area contributed by atoms with Gasteiger partial charge in [-0.1, -0.05) is 31.2 Å². The number of benzene rings is 2. The summed E-state index contributed by atoms with van der Waals surface area (Å²) in [5, 5.41) is 5.53. The fourth-order valence-electron chi connectivity index (χ4n) is 4.07. The standard InChI is InChI=1S/C25H27N3O5S/c1-2-24(29)27-19-9-11-21(12-10-19)34(31,32)28-14-13-18-6-3-4-8-22(18)23(28)16-25(30)26-17-20-7-5-15-33-20/h3-12,15,23H,2,13-14,16-17H2,1H3,(H,26,30)(H,27,29)/t23-/m1/s1. The number of nitrogens with one attached hydrogen (secondary N) is 2. The Labute approximate surface area is 199 Å². The summed E-state index contributed by atoms with van der Waals surface area (Å²) in [4.78, 5) is 24.5. The molecule has 0 aliphatic carbocycles. The number of anilines is 1. The highest BCUT2D eigenvalue weighted by Crippen LogP contribution is 2.36. The van der Waals surface area contributed by atoms with Crippen LogP contribution in [0.1, 0.15) is 42.7 Å². The maximum Gasteiger partial charge on any atom is 0.243 e. The van der Waals surface area contributed by atoms with Gasteiger partial charge in [-0.2, -0.15) is 4.31 Å². The summed E-state index contributed by atoms with van der Waals surface area (Å²) in [6, 6.07) is 16.6. The SMILES string of the molecule is CCC(=O)Nc1ccc(S(=O)(=O)N2CCc3ccccc3[C@H]2CC(=O)NCc2ccco2)cc1. The third-order valence-corrected chi connectivity index (χ3v) is 7.77. The Morgan fingerprint density at radius 1 is 1.03 bits per heavy atom. The summed E-state index contributed by atoms with van der Waals surface area (Å²) in [6.07, 6.45) is 2.41. The van der Waals surface area contributed by atoms with Crippen molar-refractivity contribution in [1.82, 2.24) is 9.62 Å². The van der Waals surface area contributed by atoms with E-state index in [4.69, 9.17) is 4.42 Å². The van der Waals surface area contributed by atoms with Gasteiger partial charge in [-0.05, 0) is 53.9 Å². The number of rotatable bonds is 8. The number of hydrogen-bond acceptors (Lipinski definition) is 5. The van der Waals surface area contributed by atoms with Crippen LogP contribution in [0, 0.1) is 0 Å². The van der Waals surface area contributed by atoms with Crippen molar-refractivity contribution >= 4 is 27.5 Å². The summed E-state index contributed by atoms with van der Waals surface area (Å²) >= 11 is 0. The van der Waals surface area contributed by atoms with E-state index in [0.29, 0.717) is 24.3 Å². The van der Waals surface area contributed by atoms with E-state index in [1.54, 1.807) is 31.2 Å². The highest BCUT2D eigenvalue weighted by molar-refractivity contribution is 7.89. The average Bonchev–Trinajstić information content (AvgIpc) is 3.37. The van der Waals surface area contributed by atoms with Crippen LogP contribution in [0.5, 0.6) is 0 Å². The summed E-state index contributed by atoms with van der Waals surface area (Å²) < 4.78 is 33.9. The molecule has 1 aliphatic heterocycles. The molecule has 0 spiro atoms. The second-order valence-corrected chi connectivity index (χ2v) is 9.96. The van der Waals surface area contributed by atoms with Crippen LogP contribution in [-0.2, 0) is 32.6 Å². The van der Waals surface area contributed by atoms with Gasteiger partial charge in [0.05, 0.1) is 23.7 Å². The number of hydrogen-bond donors (Lipinski definition) is 2. The zero-order chi connectivity index (χ0) is 24.1. The van der Waals surface area contributed by atoms with Crippen LogP contribution in [0.3, 0.4) is 0 Å². The first kappa shape index (κ1) is 23.7. The van der Waals surface area contributed by atoms with E-state index in [2.05, 4.69) is 10.6 Å². The van der Waals surface area contributed by atoms with E-state index in [1.165, 1.54) is 22.7 Å². The van der Waals surface area contributed by atoms with Crippen molar-refractivity contribution < 1.29 is 22.4 Å². The lowest BCUT2D eigenvalue weighted by Crippen LogP contribution is -2.42. The van der Waals surface area contributed by atoms with E-state index in [0.717, 1.165) is 11.1 Å². The molecule has 0 bridgehead atoms. The molecule has 1 aromatic heterocycles. The fourth-order valence-corrected chi connectivity index (χ4v) is 5.68. The summed E-state index contributed by atoms with van der Waals surface area (Å²) in [6.45, 7) is 2.25. The van der Waals surface area contributed by atoms with Crippen LogP contribution < -0.4 is 10.6 Å². The molecule has 0 radical (unpaired) electrons. The minimum atomic E-state index is -3.89. The lowest BCUT2D eigenvalue weighted by Gasteiger charge is -2.36. The maximum absolute atomic E-state index is 13.6. The first-order valence-corrected chi connectivity index (χ1v) is 12.6. The molecule has 0 fully saturated rings. The van der Waals surface area contributed by atoms with E-state index >= 15 is 0 Å². The Morgan fingerprint density at radius 2 is 1.79 bits per heavy atom. The van der Waals surface area contributed by atoms with Crippen LogP contribution >= 0.6 is 0 Å². The molecule has 0 saturated carbocycles. The monoisotopic (exact) mass is 481 g/mol.